The lowest BCUT2D eigenvalue weighted by atomic mass is 10.2. The average Bonchev–Trinajstić information content (AvgIpc) is 2.67. The van der Waals surface area contributed by atoms with Crippen LogP contribution in [0.3, 0.4) is 0 Å². The Hall–Kier alpha value is -1.70. The molecule has 5 nitrogen and oxygen atoms in total. The van der Waals surface area contributed by atoms with Gasteiger partial charge in [-0.05, 0) is 52.5 Å². The number of amides is 1. The van der Waals surface area contributed by atoms with Gasteiger partial charge in [0.1, 0.15) is 0 Å². The fourth-order valence-electron chi connectivity index (χ4n) is 3.06. The first-order valence-electron chi connectivity index (χ1n) is 8.61. The Bertz CT molecular complexity index is 893. The van der Waals surface area contributed by atoms with Crippen LogP contribution in [0.2, 0.25) is 0 Å². The van der Waals surface area contributed by atoms with E-state index in [0.717, 1.165) is 19.3 Å². The topological polar surface area (TPSA) is 66.5 Å². The largest absolute Gasteiger partial charge is 0.348 e. The Balaban J connectivity index is 1.79. The maximum atomic E-state index is 13.0. The molecule has 1 N–H and O–H groups in total. The number of benzene rings is 2. The van der Waals surface area contributed by atoms with Gasteiger partial charge in [-0.1, -0.05) is 36.8 Å². The zero-order valence-corrected chi connectivity index (χ0v) is 16.7. The molecule has 0 unspecified atom stereocenters. The van der Waals surface area contributed by atoms with Crippen LogP contribution in [-0.4, -0.2) is 31.7 Å². The Morgan fingerprint density at radius 1 is 1.00 bits per heavy atom. The molecule has 1 aliphatic rings. The molecule has 26 heavy (non-hydrogen) atoms. The molecule has 0 aliphatic carbocycles. The Kier molecular flexibility index (Phi) is 6.11. The van der Waals surface area contributed by atoms with E-state index < -0.39 is 10.0 Å². The predicted octanol–water partition coefficient (Wildman–Crippen LogP) is 3.55. The molecule has 2 aromatic carbocycles. The molecule has 138 valence electrons. The van der Waals surface area contributed by atoms with Gasteiger partial charge in [-0.15, -0.1) is 0 Å². The van der Waals surface area contributed by atoms with Crippen LogP contribution in [0.4, 0.5) is 0 Å². The molecule has 0 spiro atoms. The molecule has 7 heteroatoms. The van der Waals surface area contributed by atoms with Gasteiger partial charge in [0, 0.05) is 24.1 Å². The Labute approximate surface area is 162 Å². The number of sulfonamides is 1. The second-order valence-electron chi connectivity index (χ2n) is 6.23. The highest BCUT2D eigenvalue weighted by Gasteiger charge is 2.27. The molecule has 1 saturated heterocycles. The van der Waals surface area contributed by atoms with E-state index in [2.05, 4.69) is 21.2 Å². The van der Waals surface area contributed by atoms with E-state index in [9.17, 15) is 13.2 Å². The summed E-state index contributed by atoms with van der Waals surface area (Å²) < 4.78 is 28.2. The van der Waals surface area contributed by atoms with Crippen LogP contribution >= 0.6 is 15.9 Å². The third-order valence-electron chi connectivity index (χ3n) is 4.46. The molecule has 1 aliphatic heterocycles. The van der Waals surface area contributed by atoms with E-state index >= 15 is 0 Å². The number of carbonyl (C=O) groups excluding carboxylic acids is 1. The van der Waals surface area contributed by atoms with Crippen LogP contribution in [0.1, 0.15) is 35.2 Å². The molecule has 0 bridgehead atoms. The quantitative estimate of drug-likeness (QED) is 0.778. The number of nitrogens with one attached hydrogen (secondary N) is 1. The van der Waals surface area contributed by atoms with Crippen LogP contribution in [0, 0.1) is 0 Å². The number of hydrogen-bond acceptors (Lipinski definition) is 3. The minimum Gasteiger partial charge on any atom is -0.348 e. The van der Waals surface area contributed by atoms with Crippen molar-refractivity contribution in [3.63, 3.8) is 0 Å². The van der Waals surface area contributed by atoms with Gasteiger partial charge in [-0.2, -0.15) is 4.31 Å². The zero-order valence-electron chi connectivity index (χ0n) is 14.3. The van der Waals surface area contributed by atoms with Gasteiger partial charge in [0.2, 0.25) is 10.0 Å². The fraction of sp³-hybridized carbons (Fsp3) is 0.316. The number of piperidine rings is 1. The Morgan fingerprint density at radius 2 is 1.65 bits per heavy atom. The molecule has 0 saturated carbocycles. The van der Waals surface area contributed by atoms with Gasteiger partial charge in [0.25, 0.3) is 5.91 Å². The minimum atomic E-state index is -3.54. The third kappa shape index (κ3) is 4.16. The monoisotopic (exact) mass is 436 g/mol. The summed E-state index contributed by atoms with van der Waals surface area (Å²) in [5.74, 6) is -0.248. The Morgan fingerprint density at radius 3 is 2.38 bits per heavy atom. The highest BCUT2D eigenvalue weighted by atomic mass is 79.9. The molecule has 1 amide bonds. The maximum absolute atomic E-state index is 13.0. The molecule has 0 aromatic heterocycles. The second kappa shape index (κ2) is 8.33. The minimum absolute atomic E-state index is 0.156. The smallest absolute Gasteiger partial charge is 0.252 e. The molecular formula is C19H21BrN2O3S. The number of carbonyl (C=O) groups is 1. The number of hydrogen-bond donors (Lipinski definition) is 1. The normalized spacial score (nSPS) is 15.6. The first kappa shape index (κ1) is 19.1. The van der Waals surface area contributed by atoms with Crippen LogP contribution in [-0.2, 0) is 16.6 Å². The first-order chi connectivity index (χ1) is 12.5. The third-order valence-corrected chi connectivity index (χ3v) is 7.15. The van der Waals surface area contributed by atoms with Crippen molar-refractivity contribution in [2.24, 2.45) is 0 Å². The molecule has 1 fully saturated rings. The van der Waals surface area contributed by atoms with Crippen molar-refractivity contribution < 1.29 is 13.2 Å². The molecule has 0 atom stereocenters. The van der Waals surface area contributed by atoms with E-state index in [1.54, 1.807) is 46.8 Å². The molecule has 0 radical (unpaired) electrons. The lowest BCUT2D eigenvalue weighted by Crippen LogP contribution is -2.36. The molecule has 3 rings (SSSR count). The van der Waals surface area contributed by atoms with Crippen molar-refractivity contribution in [2.45, 2.75) is 30.7 Å². The fourth-order valence-corrected chi connectivity index (χ4v) is 5.27. The van der Waals surface area contributed by atoms with E-state index in [0.29, 0.717) is 28.7 Å². The van der Waals surface area contributed by atoms with E-state index in [1.807, 2.05) is 6.07 Å². The van der Waals surface area contributed by atoms with Crippen molar-refractivity contribution in [1.82, 2.24) is 9.62 Å². The predicted molar refractivity (Wildman–Crippen MR) is 104 cm³/mol. The van der Waals surface area contributed by atoms with Crippen molar-refractivity contribution in [3.8, 4) is 0 Å². The van der Waals surface area contributed by atoms with E-state index in [1.165, 1.54) is 0 Å². The highest BCUT2D eigenvalue weighted by molar-refractivity contribution is 9.10. The summed E-state index contributed by atoms with van der Waals surface area (Å²) in [5, 5.41) is 2.82. The first-order valence-corrected chi connectivity index (χ1v) is 10.8. The van der Waals surface area contributed by atoms with Gasteiger partial charge >= 0.3 is 0 Å². The van der Waals surface area contributed by atoms with Gasteiger partial charge in [-0.3, -0.25) is 4.79 Å². The van der Waals surface area contributed by atoms with Gasteiger partial charge in [-0.25, -0.2) is 8.42 Å². The van der Waals surface area contributed by atoms with Crippen LogP contribution in [0.5, 0.6) is 0 Å². The lowest BCUT2D eigenvalue weighted by molar-refractivity contribution is 0.0949. The van der Waals surface area contributed by atoms with Crippen LogP contribution < -0.4 is 5.32 Å². The van der Waals surface area contributed by atoms with Gasteiger partial charge in [0.15, 0.2) is 0 Å². The van der Waals surface area contributed by atoms with Crippen molar-refractivity contribution >= 4 is 31.9 Å². The molecular weight excluding hydrogens is 416 g/mol. The average molecular weight is 437 g/mol. The van der Waals surface area contributed by atoms with Crippen LogP contribution in [0.25, 0.3) is 0 Å². The molecule has 2 aromatic rings. The summed E-state index contributed by atoms with van der Waals surface area (Å²) in [4.78, 5) is 12.7. The summed E-state index contributed by atoms with van der Waals surface area (Å²) in [5.41, 5.74) is 1.11. The SMILES string of the molecule is O=C(NCc1ccccc1S(=O)(=O)N1CCCCC1)c1ccccc1Br. The summed E-state index contributed by atoms with van der Waals surface area (Å²) >= 11 is 3.36. The van der Waals surface area contributed by atoms with Crippen molar-refractivity contribution in [3.05, 3.63) is 64.1 Å². The van der Waals surface area contributed by atoms with Gasteiger partial charge in [0.05, 0.1) is 10.5 Å². The number of halogens is 1. The summed E-state index contributed by atoms with van der Waals surface area (Å²) in [7, 11) is -3.54. The standard InChI is InChI=1S/C19H21BrN2O3S/c20-17-10-4-3-9-16(17)19(23)21-14-15-8-2-5-11-18(15)26(24,25)22-12-6-1-7-13-22/h2-5,8-11H,1,6-7,12-14H2,(H,21,23). The van der Waals surface area contributed by atoms with Gasteiger partial charge < -0.3 is 5.32 Å². The van der Waals surface area contributed by atoms with E-state index in [-0.39, 0.29) is 17.3 Å². The summed E-state index contributed by atoms with van der Waals surface area (Å²) in [6, 6.07) is 14.0. The second-order valence-corrected chi connectivity index (χ2v) is 9.00. The summed E-state index contributed by atoms with van der Waals surface area (Å²) in [6.45, 7) is 1.27. The van der Waals surface area contributed by atoms with Crippen molar-refractivity contribution in [1.29, 1.82) is 0 Å². The highest BCUT2D eigenvalue weighted by Crippen LogP contribution is 2.24. The molecule has 1 heterocycles. The maximum Gasteiger partial charge on any atom is 0.252 e. The number of nitrogens with zero attached hydrogens (tertiary/aromatic N) is 1. The van der Waals surface area contributed by atoms with Crippen LogP contribution in [0.15, 0.2) is 57.9 Å². The zero-order chi connectivity index (χ0) is 18.6. The van der Waals surface area contributed by atoms with Crippen molar-refractivity contribution in [2.75, 3.05) is 13.1 Å². The summed E-state index contributed by atoms with van der Waals surface area (Å²) in [6.07, 6.45) is 2.84. The lowest BCUT2D eigenvalue weighted by Gasteiger charge is -2.26. The van der Waals surface area contributed by atoms with E-state index in [4.69, 9.17) is 0 Å². The number of rotatable bonds is 5.